The summed E-state index contributed by atoms with van der Waals surface area (Å²) in [6.07, 6.45) is 1.91. The van der Waals surface area contributed by atoms with E-state index in [0.29, 0.717) is 5.92 Å². The van der Waals surface area contributed by atoms with Crippen molar-refractivity contribution < 1.29 is 14.7 Å². The van der Waals surface area contributed by atoms with Crippen LogP contribution in [0.5, 0.6) is 0 Å². The Morgan fingerprint density at radius 2 is 2.05 bits per heavy atom. The minimum absolute atomic E-state index is 0.0398. The van der Waals surface area contributed by atoms with Crippen molar-refractivity contribution in [2.45, 2.75) is 19.3 Å². The first-order valence-electron chi connectivity index (χ1n) is 7.03. The van der Waals surface area contributed by atoms with E-state index >= 15 is 0 Å². The predicted molar refractivity (Wildman–Crippen MR) is 83.2 cm³/mol. The maximum atomic E-state index is 11.9. The van der Waals surface area contributed by atoms with E-state index in [2.05, 4.69) is 33.4 Å². The van der Waals surface area contributed by atoms with Crippen molar-refractivity contribution in [2.75, 3.05) is 19.6 Å². The summed E-state index contributed by atoms with van der Waals surface area (Å²) in [6, 6.07) is 8.09. The van der Waals surface area contributed by atoms with Crippen LogP contribution in [-0.2, 0) is 11.2 Å². The highest BCUT2D eigenvalue weighted by Gasteiger charge is 2.26. The number of carboxylic acids is 1. The summed E-state index contributed by atoms with van der Waals surface area (Å²) in [4.78, 5) is 24.1. The molecule has 0 bridgehead atoms. The number of urea groups is 1. The fourth-order valence-electron chi connectivity index (χ4n) is 2.53. The van der Waals surface area contributed by atoms with Crippen LogP contribution in [-0.4, -0.2) is 41.6 Å². The molecule has 2 N–H and O–H groups in total. The van der Waals surface area contributed by atoms with Gasteiger partial charge in [0.05, 0.1) is 6.42 Å². The molecule has 6 heteroatoms. The van der Waals surface area contributed by atoms with Crippen molar-refractivity contribution in [2.24, 2.45) is 5.92 Å². The lowest BCUT2D eigenvalue weighted by atomic mass is 9.99. The smallest absolute Gasteiger partial charge is 0.317 e. The molecule has 0 radical (unpaired) electrons. The van der Waals surface area contributed by atoms with Gasteiger partial charge in [-0.3, -0.25) is 4.79 Å². The van der Waals surface area contributed by atoms with Gasteiger partial charge in [-0.05, 0) is 36.5 Å². The molecule has 0 spiro atoms. The fraction of sp³-hybridized carbons (Fsp3) is 0.467. The first-order chi connectivity index (χ1) is 10.0. The molecule has 21 heavy (non-hydrogen) atoms. The van der Waals surface area contributed by atoms with Gasteiger partial charge in [0.2, 0.25) is 0 Å². The summed E-state index contributed by atoms with van der Waals surface area (Å²) in [5.41, 5.74) is 1.27. The molecule has 1 unspecified atom stereocenters. The zero-order valence-corrected chi connectivity index (χ0v) is 13.3. The molecule has 1 atom stereocenters. The molecule has 2 amide bonds. The number of hydrogen-bond donors (Lipinski definition) is 2. The van der Waals surface area contributed by atoms with Gasteiger partial charge in [0.15, 0.2) is 0 Å². The van der Waals surface area contributed by atoms with E-state index in [-0.39, 0.29) is 19.0 Å². The second-order valence-electron chi connectivity index (χ2n) is 5.31. The third-order valence-corrected chi connectivity index (χ3v) is 4.15. The summed E-state index contributed by atoms with van der Waals surface area (Å²) in [5.74, 6) is -0.429. The van der Waals surface area contributed by atoms with Crippen molar-refractivity contribution in [1.82, 2.24) is 10.2 Å². The van der Waals surface area contributed by atoms with Gasteiger partial charge < -0.3 is 15.3 Å². The third kappa shape index (κ3) is 5.04. The lowest BCUT2D eigenvalue weighted by molar-refractivity contribution is -0.136. The summed E-state index contributed by atoms with van der Waals surface area (Å²) in [6.45, 7) is 1.65. The first-order valence-corrected chi connectivity index (χ1v) is 7.83. The molecule has 1 aromatic rings. The van der Waals surface area contributed by atoms with Crippen molar-refractivity contribution >= 4 is 27.9 Å². The fourth-order valence-corrected chi connectivity index (χ4v) is 2.79. The number of likely N-dealkylation sites (tertiary alicyclic amines) is 1. The summed E-state index contributed by atoms with van der Waals surface area (Å²) < 4.78 is 1.07. The van der Waals surface area contributed by atoms with Crippen LogP contribution in [0.25, 0.3) is 0 Å². The van der Waals surface area contributed by atoms with Crippen LogP contribution >= 0.6 is 15.9 Å². The Bertz CT molecular complexity index is 504. The molecule has 1 saturated heterocycles. The highest BCUT2D eigenvalue weighted by molar-refractivity contribution is 9.10. The molecule has 1 aliphatic heterocycles. The van der Waals surface area contributed by atoms with Gasteiger partial charge in [-0.25, -0.2) is 4.79 Å². The van der Waals surface area contributed by atoms with E-state index in [4.69, 9.17) is 5.11 Å². The molecular formula is C15H19BrN2O3. The van der Waals surface area contributed by atoms with Gasteiger partial charge in [-0.15, -0.1) is 0 Å². The average Bonchev–Trinajstić information content (AvgIpc) is 2.89. The Kier molecular flexibility index (Phi) is 5.61. The number of halogens is 1. The Balaban J connectivity index is 1.76. The second kappa shape index (κ2) is 7.45. The van der Waals surface area contributed by atoms with Crippen LogP contribution in [0.2, 0.25) is 0 Å². The third-order valence-electron chi connectivity index (χ3n) is 3.63. The van der Waals surface area contributed by atoms with E-state index in [1.54, 1.807) is 4.90 Å². The lowest BCUT2D eigenvalue weighted by Gasteiger charge is -2.17. The summed E-state index contributed by atoms with van der Waals surface area (Å²) >= 11 is 3.42. The number of carbonyl (C=O) groups excluding carboxylic acids is 1. The number of rotatable bonds is 5. The van der Waals surface area contributed by atoms with Crippen molar-refractivity contribution in [1.29, 1.82) is 0 Å². The van der Waals surface area contributed by atoms with E-state index in [9.17, 15) is 9.59 Å². The minimum atomic E-state index is -0.898. The quantitative estimate of drug-likeness (QED) is 0.853. The van der Waals surface area contributed by atoms with Gasteiger partial charge in [0.25, 0.3) is 0 Å². The zero-order chi connectivity index (χ0) is 15.2. The number of aliphatic carboxylic acids is 1. The highest BCUT2D eigenvalue weighted by atomic mass is 79.9. The van der Waals surface area contributed by atoms with Crippen LogP contribution in [0.4, 0.5) is 4.79 Å². The normalized spacial score (nSPS) is 17.8. The number of carbonyl (C=O) groups is 2. The molecule has 5 nitrogen and oxygen atoms in total. The van der Waals surface area contributed by atoms with E-state index in [1.807, 2.05) is 12.1 Å². The van der Waals surface area contributed by atoms with E-state index < -0.39 is 5.97 Å². The van der Waals surface area contributed by atoms with Gasteiger partial charge >= 0.3 is 12.0 Å². The maximum absolute atomic E-state index is 11.9. The molecule has 1 heterocycles. The molecule has 114 valence electrons. The Hall–Kier alpha value is -1.56. The molecular weight excluding hydrogens is 336 g/mol. The van der Waals surface area contributed by atoms with Crippen LogP contribution < -0.4 is 5.32 Å². The molecule has 1 fully saturated rings. The lowest BCUT2D eigenvalue weighted by Crippen LogP contribution is -2.39. The molecule has 0 aromatic heterocycles. The average molecular weight is 355 g/mol. The summed E-state index contributed by atoms with van der Waals surface area (Å²) in [7, 11) is 0. The monoisotopic (exact) mass is 354 g/mol. The highest BCUT2D eigenvalue weighted by Crippen LogP contribution is 2.21. The standard InChI is InChI=1S/C15H19BrN2O3/c16-13-3-1-11(2-4-13)9-12-6-8-18(10-12)15(21)17-7-5-14(19)20/h1-4,12H,5-10H2,(H,17,21)(H,19,20). The van der Waals surface area contributed by atoms with Crippen molar-refractivity contribution in [3.8, 4) is 0 Å². The maximum Gasteiger partial charge on any atom is 0.317 e. The molecule has 0 aliphatic carbocycles. The Morgan fingerprint density at radius 1 is 1.33 bits per heavy atom. The first kappa shape index (κ1) is 15.8. The number of amides is 2. The van der Waals surface area contributed by atoms with Gasteiger partial charge in [0, 0.05) is 24.1 Å². The van der Waals surface area contributed by atoms with Crippen LogP contribution in [0, 0.1) is 5.92 Å². The Morgan fingerprint density at radius 3 is 2.71 bits per heavy atom. The molecule has 1 aromatic carbocycles. The van der Waals surface area contributed by atoms with Crippen LogP contribution in [0.1, 0.15) is 18.4 Å². The number of benzene rings is 1. The van der Waals surface area contributed by atoms with Gasteiger partial charge in [0.1, 0.15) is 0 Å². The molecule has 2 rings (SSSR count). The van der Waals surface area contributed by atoms with Gasteiger partial charge in [-0.2, -0.15) is 0 Å². The largest absolute Gasteiger partial charge is 0.481 e. The van der Waals surface area contributed by atoms with E-state index in [1.165, 1.54) is 5.56 Å². The van der Waals surface area contributed by atoms with Crippen LogP contribution in [0.3, 0.4) is 0 Å². The topological polar surface area (TPSA) is 69.6 Å². The number of nitrogens with one attached hydrogen (secondary N) is 1. The number of hydrogen-bond acceptors (Lipinski definition) is 2. The number of carboxylic acid groups (broad SMARTS) is 1. The molecule has 0 saturated carbocycles. The zero-order valence-electron chi connectivity index (χ0n) is 11.7. The van der Waals surface area contributed by atoms with Crippen LogP contribution in [0.15, 0.2) is 28.7 Å². The SMILES string of the molecule is O=C(O)CCNC(=O)N1CCC(Cc2ccc(Br)cc2)C1. The van der Waals surface area contributed by atoms with E-state index in [0.717, 1.165) is 30.4 Å². The Labute approximate surface area is 132 Å². The summed E-state index contributed by atoms with van der Waals surface area (Å²) in [5, 5.41) is 11.2. The minimum Gasteiger partial charge on any atom is -0.481 e. The second-order valence-corrected chi connectivity index (χ2v) is 6.22. The van der Waals surface area contributed by atoms with Crippen molar-refractivity contribution in [3.63, 3.8) is 0 Å². The van der Waals surface area contributed by atoms with Crippen molar-refractivity contribution in [3.05, 3.63) is 34.3 Å². The predicted octanol–water partition coefficient (Wildman–Crippen LogP) is 2.50. The number of nitrogens with zero attached hydrogens (tertiary/aromatic N) is 1. The molecule has 1 aliphatic rings. The van der Waals surface area contributed by atoms with Gasteiger partial charge in [-0.1, -0.05) is 28.1 Å².